The average Bonchev–Trinajstić information content (AvgIpc) is 2.96. The second-order valence-electron chi connectivity index (χ2n) is 14.4. The number of hydrogen-bond acceptors (Lipinski definition) is 6. The van der Waals surface area contributed by atoms with Crippen molar-refractivity contribution in [2.24, 2.45) is 5.41 Å². The first-order valence-electron chi connectivity index (χ1n) is 16.0. The maximum absolute atomic E-state index is 12.8. The number of hydrogen-bond donors (Lipinski definition) is 1. The topological polar surface area (TPSA) is 75.1 Å². The van der Waals surface area contributed by atoms with Crippen LogP contribution in [-0.4, -0.2) is 53.3 Å². The summed E-state index contributed by atoms with van der Waals surface area (Å²) in [5, 5.41) is 11.2. The fourth-order valence-corrected chi connectivity index (χ4v) is 7.00. The smallest absolute Gasteiger partial charge is 0.337 e. The molecule has 0 radical (unpaired) electrons. The molecule has 1 fully saturated rings. The van der Waals surface area contributed by atoms with Crippen molar-refractivity contribution in [3.05, 3.63) is 75.1 Å². The molecule has 2 aliphatic heterocycles. The number of methoxy groups -OCH3 is 1. The Morgan fingerprint density at radius 3 is 2.42 bits per heavy atom. The molecule has 2 aliphatic rings. The van der Waals surface area contributed by atoms with Gasteiger partial charge >= 0.3 is 5.97 Å². The molecule has 1 aromatic heterocycles. The van der Waals surface area contributed by atoms with Crippen molar-refractivity contribution in [2.45, 2.75) is 92.5 Å². The van der Waals surface area contributed by atoms with Crippen molar-refractivity contribution in [3.8, 4) is 16.9 Å². The molecule has 1 atom stereocenters. The molecule has 0 amide bonds. The summed E-state index contributed by atoms with van der Waals surface area (Å²) in [5.41, 5.74) is 8.58. The van der Waals surface area contributed by atoms with Crippen LogP contribution in [-0.2, 0) is 29.0 Å². The van der Waals surface area contributed by atoms with Crippen molar-refractivity contribution in [1.29, 1.82) is 0 Å². The Balaban J connectivity index is 1.55. The molecule has 5 rings (SSSR count). The van der Waals surface area contributed by atoms with Crippen LogP contribution >= 0.6 is 11.6 Å². The highest BCUT2D eigenvalue weighted by Crippen LogP contribution is 2.45. The fraction of sp³-hybridized carbons (Fsp3) is 0.514. The highest BCUT2D eigenvalue weighted by molar-refractivity contribution is 6.32. The van der Waals surface area contributed by atoms with Gasteiger partial charge in [-0.1, -0.05) is 55.8 Å². The first-order chi connectivity index (χ1) is 21.2. The van der Waals surface area contributed by atoms with Gasteiger partial charge in [0, 0.05) is 55.2 Å². The third kappa shape index (κ3) is 7.32. The predicted molar refractivity (Wildman–Crippen MR) is 181 cm³/mol. The summed E-state index contributed by atoms with van der Waals surface area (Å²) in [6.07, 6.45) is 1.84. The van der Waals surface area contributed by atoms with E-state index in [0.717, 1.165) is 80.1 Å². The number of pyridine rings is 1. The van der Waals surface area contributed by atoms with Crippen molar-refractivity contribution < 1.29 is 19.4 Å². The number of nitrogens with zero attached hydrogens (tertiary/aromatic N) is 3. The molecule has 7 nitrogen and oxygen atoms in total. The minimum absolute atomic E-state index is 0.245. The molecule has 0 saturated carbocycles. The van der Waals surface area contributed by atoms with Crippen molar-refractivity contribution in [1.82, 2.24) is 9.88 Å². The third-order valence-corrected chi connectivity index (χ3v) is 9.64. The highest BCUT2D eigenvalue weighted by atomic mass is 35.5. The van der Waals surface area contributed by atoms with E-state index in [4.69, 9.17) is 26.1 Å². The lowest BCUT2D eigenvalue weighted by Crippen LogP contribution is -2.39. The lowest BCUT2D eigenvalue weighted by atomic mass is 9.81. The summed E-state index contributed by atoms with van der Waals surface area (Å²) in [5.74, 6) is -0.298. The highest BCUT2D eigenvalue weighted by Gasteiger charge is 2.36. The molecule has 0 unspecified atom stereocenters. The van der Waals surface area contributed by atoms with E-state index in [0.29, 0.717) is 22.0 Å². The number of anilines is 1. The first-order valence-corrected chi connectivity index (χ1v) is 16.4. The Labute approximate surface area is 273 Å². The molecular weight excluding hydrogens is 586 g/mol. The van der Waals surface area contributed by atoms with Crippen molar-refractivity contribution in [3.63, 3.8) is 0 Å². The van der Waals surface area contributed by atoms with Gasteiger partial charge in [-0.15, -0.1) is 0 Å². The predicted octanol–water partition coefficient (Wildman–Crippen LogP) is 8.15. The van der Waals surface area contributed by atoms with Crippen LogP contribution in [0.2, 0.25) is 5.02 Å². The Bertz CT molecular complexity index is 1570. The zero-order chi connectivity index (χ0) is 32.7. The van der Waals surface area contributed by atoms with Crippen LogP contribution in [0.5, 0.6) is 5.75 Å². The van der Waals surface area contributed by atoms with Crippen LogP contribution in [0.4, 0.5) is 5.69 Å². The minimum Gasteiger partial charge on any atom is -0.495 e. The minimum atomic E-state index is -1.13. The van der Waals surface area contributed by atoms with Gasteiger partial charge in [0.25, 0.3) is 0 Å². The average molecular weight is 634 g/mol. The third-order valence-electron chi connectivity index (χ3n) is 9.21. The molecule has 0 bridgehead atoms. The molecule has 1 saturated heterocycles. The zero-order valence-electron chi connectivity index (χ0n) is 28.1. The molecule has 3 aromatic rings. The van der Waals surface area contributed by atoms with Gasteiger partial charge in [-0.3, -0.25) is 9.88 Å². The maximum Gasteiger partial charge on any atom is 0.337 e. The quantitative estimate of drug-likeness (QED) is 0.268. The van der Waals surface area contributed by atoms with Crippen LogP contribution in [0, 0.1) is 19.3 Å². The number of fused-ring (bicyclic) bond motifs is 1. The van der Waals surface area contributed by atoms with E-state index >= 15 is 0 Å². The summed E-state index contributed by atoms with van der Waals surface area (Å²) in [4.78, 5) is 22.6. The van der Waals surface area contributed by atoms with E-state index in [1.165, 1.54) is 11.1 Å². The molecule has 242 valence electrons. The SMILES string of the molecule is COc1cccc(CN2CCc3cc(-c4c(C)nc(C)c([C@H](OC(C)(C)C)C(=O)O)c4N4CCC(C)(C)CC4)ccc3C2)c1Cl. The number of aromatic nitrogens is 1. The molecule has 0 spiro atoms. The van der Waals surface area contributed by atoms with Crippen LogP contribution in [0.3, 0.4) is 0 Å². The molecular formula is C37H48ClN3O4. The van der Waals surface area contributed by atoms with Crippen molar-refractivity contribution in [2.75, 3.05) is 31.6 Å². The maximum atomic E-state index is 12.8. The number of aliphatic carboxylic acids is 1. The van der Waals surface area contributed by atoms with Gasteiger partial charge in [0.05, 0.1) is 23.4 Å². The van der Waals surface area contributed by atoms with Crippen molar-refractivity contribution >= 4 is 23.3 Å². The Morgan fingerprint density at radius 1 is 1.07 bits per heavy atom. The number of piperidine rings is 1. The molecule has 3 heterocycles. The Morgan fingerprint density at radius 2 is 1.78 bits per heavy atom. The van der Waals surface area contributed by atoms with Gasteiger partial charge in [0.2, 0.25) is 0 Å². The van der Waals surface area contributed by atoms with Gasteiger partial charge in [0.15, 0.2) is 6.10 Å². The monoisotopic (exact) mass is 633 g/mol. The number of aryl methyl sites for hydroxylation is 2. The van der Waals surface area contributed by atoms with Gasteiger partial charge in [-0.25, -0.2) is 4.79 Å². The lowest BCUT2D eigenvalue weighted by molar-refractivity contribution is -0.160. The normalized spacial score (nSPS) is 17.6. The summed E-state index contributed by atoms with van der Waals surface area (Å²) in [6.45, 7) is 18.5. The zero-order valence-corrected chi connectivity index (χ0v) is 28.8. The van der Waals surface area contributed by atoms with Gasteiger partial charge in [-0.2, -0.15) is 0 Å². The number of carboxylic acids is 1. The van der Waals surface area contributed by atoms with E-state index in [2.05, 4.69) is 47.9 Å². The molecule has 0 aliphatic carbocycles. The van der Waals surface area contributed by atoms with Crippen LogP contribution < -0.4 is 9.64 Å². The number of ether oxygens (including phenoxy) is 2. The summed E-state index contributed by atoms with van der Waals surface area (Å²) in [7, 11) is 1.64. The van der Waals surface area contributed by atoms with E-state index in [1.807, 2.05) is 46.8 Å². The summed E-state index contributed by atoms with van der Waals surface area (Å²) in [6, 6.07) is 12.6. The molecule has 1 N–H and O–H groups in total. The second-order valence-corrected chi connectivity index (χ2v) is 14.8. The second kappa shape index (κ2) is 12.9. The largest absolute Gasteiger partial charge is 0.495 e. The van der Waals surface area contributed by atoms with Crippen LogP contribution in [0.1, 0.15) is 87.2 Å². The molecule has 45 heavy (non-hydrogen) atoms. The van der Waals surface area contributed by atoms with E-state index < -0.39 is 17.7 Å². The lowest BCUT2D eigenvalue weighted by Gasteiger charge is -2.41. The van der Waals surface area contributed by atoms with Crippen LogP contribution in [0.25, 0.3) is 11.1 Å². The van der Waals surface area contributed by atoms with E-state index in [1.54, 1.807) is 7.11 Å². The number of halogens is 1. The number of benzene rings is 2. The molecule has 2 aromatic carbocycles. The number of rotatable bonds is 8. The van der Waals surface area contributed by atoms with E-state index in [-0.39, 0.29) is 5.41 Å². The van der Waals surface area contributed by atoms with Crippen LogP contribution in [0.15, 0.2) is 36.4 Å². The Hall–Kier alpha value is -3.13. The van der Waals surface area contributed by atoms with E-state index in [9.17, 15) is 9.90 Å². The first kappa shape index (κ1) is 33.2. The standard InChI is InChI=1S/C37H48ClN3O4/c1-23-30(26-12-13-27-21-40(17-14-25(27)20-26)22-28-10-9-11-29(44-8)32(28)38)33(41-18-15-37(6,7)16-19-41)31(24(2)39-23)34(35(42)43)45-36(3,4)5/h9-13,20,34H,14-19,21-22H2,1-8H3,(H,42,43)/t34-/m0/s1. The Kier molecular flexibility index (Phi) is 9.55. The van der Waals surface area contributed by atoms with Gasteiger partial charge < -0.3 is 19.5 Å². The van der Waals surface area contributed by atoms with Gasteiger partial charge in [0.1, 0.15) is 5.75 Å². The summed E-state index contributed by atoms with van der Waals surface area (Å²) < 4.78 is 11.7. The molecule has 8 heteroatoms. The van der Waals surface area contributed by atoms with Gasteiger partial charge in [-0.05, 0) is 87.6 Å². The number of carboxylic acid groups (broad SMARTS) is 1. The number of carbonyl (C=O) groups is 1. The summed E-state index contributed by atoms with van der Waals surface area (Å²) >= 11 is 6.62. The fourth-order valence-electron chi connectivity index (χ4n) is 6.73.